The Morgan fingerprint density at radius 1 is 1.67 bits per heavy atom. The first-order chi connectivity index (χ1) is 4.31. The normalized spacial score (nSPS) is 9.56. The van der Waals surface area contributed by atoms with E-state index in [0.29, 0.717) is 17.5 Å². The van der Waals surface area contributed by atoms with Crippen molar-refractivity contribution >= 4 is 28.4 Å². The van der Waals surface area contributed by atoms with Crippen LogP contribution in [0.4, 0.5) is 0 Å². The van der Waals surface area contributed by atoms with Crippen LogP contribution in [0, 0.1) is 0 Å². The molecule has 3 N–H and O–H groups in total. The first-order valence-electron chi connectivity index (χ1n) is 2.79. The Labute approximate surface area is 68.5 Å². The van der Waals surface area contributed by atoms with Crippen molar-refractivity contribution in [2.75, 3.05) is 24.1 Å². The van der Waals surface area contributed by atoms with Gasteiger partial charge in [0.05, 0.1) is 11.0 Å². The van der Waals surface area contributed by atoms with E-state index in [1.807, 2.05) is 22.6 Å². The van der Waals surface area contributed by atoms with Gasteiger partial charge in [-0.3, -0.25) is 4.79 Å². The lowest BCUT2D eigenvalue weighted by molar-refractivity contribution is -0.115. The molecule has 0 aliphatic rings. The van der Waals surface area contributed by atoms with Crippen LogP contribution in [0.25, 0.3) is 0 Å². The van der Waals surface area contributed by atoms with Gasteiger partial charge in [-0.2, -0.15) is 0 Å². The number of carbonyl (C=O) groups excluding carboxylic acids is 1. The van der Waals surface area contributed by atoms with Gasteiger partial charge in [-0.05, 0) is 0 Å². The Morgan fingerprint density at radius 2 is 2.33 bits per heavy atom. The van der Waals surface area contributed by atoms with E-state index in [9.17, 15) is 4.79 Å². The molecular weight excluding hydrogens is 231 g/mol. The zero-order valence-electron chi connectivity index (χ0n) is 5.19. The maximum Gasteiger partial charge on any atom is 0.156 e. The SMILES string of the molecule is NCCNCC(=O)CI. The van der Waals surface area contributed by atoms with Crippen LogP contribution in [0.3, 0.4) is 0 Å². The average molecular weight is 242 g/mol. The number of hydrogen-bond acceptors (Lipinski definition) is 3. The van der Waals surface area contributed by atoms with Gasteiger partial charge in [-0.1, -0.05) is 22.6 Å². The lowest BCUT2D eigenvalue weighted by Crippen LogP contribution is -2.28. The zero-order chi connectivity index (χ0) is 7.11. The topological polar surface area (TPSA) is 55.1 Å². The fourth-order valence-corrected chi connectivity index (χ4v) is 0.647. The molecule has 0 saturated carbocycles. The third kappa shape index (κ3) is 6.20. The van der Waals surface area contributed by atoms with E-state index in [1.54, 1.807) is 0 Å². The summed E-state index contributed by atoms with van der Waals surface area (Å²) in [4.78, 5) is 10.6. The predicted molar refractivity (Wildman–Crippen MR) is 45.8 cm³/mol. The molecule has 0 aromatic carbocycles. The molecule has 0 amide bonds. The molecule has 0 rings (SSSR count). The Morgan fingerprint density at radius 3 is 2.78 bits per heavy atom. The van der Waals surface area contributed by atoms with Gasteiger partial charge >= 0.3 is 0 Å². The molecule has 0 saturated heterocycles. The molecule has 0 aliphatic heterocycles. The minimum Gasteiger partial charge on any atom is -0.329 e. The number of nitrogens with two attached hydrogens (primary N) is 1. The average Bonchev–Trinajstić information content (AvgIpc) is 1.89. The van der Waals surface area contributed by atoms with Crippen molar-refractivity contribution in [3.63, 3.8) is 0 Å². The number of Topliss-reactive ketones (excluding diaryl/α,β-unsaturated/α-hetero) is 1. The molecule has 9 heavy (non-hydrogen) atoms. The van der Waals surface area contributed by atoms with Crippen LogP contribution in [0.1, 0.15) is 0 Å². The molecule has 0 atom stereocenters. The number of nitrogens with one attached hydrogen (secondary N) is 1. The summed E-state index contributed by atoms with van der Waals surface area (Å²) in [5, 5.41) is 2.91. The molecule has 3 nitrogen and oxygen atoms in total. The molecule has 0 aromatic heterocycles. The second kappa shape index (κ2) is 6.44. The van der Waals surface area contributed by atoms with Crippen molar-refractivity contribution in [3.8, 4) is 0 Å². The van der Waals surface area contributed by atoms with Crippen molar-refractivity contribution in [2.45, 2.75) is 0 Å². The standard InChI is InChI=1S/C5H11IN2O/c6-3-5(9)4-8-2-1-7/h8H,1-4,7H2. The number of alkyl halides is 1. The number of carbonyl (C=O) groups is 1. The highest BCUT2D eigenvalue weighted by atomic mass is 127. The maximum atomic E-state index is 10.6. The van der Waals surface area contributed by atoms with Crippen LogP contribution in [-0.4, -0.2) is 29.8 Å². The molecule has 0 spiro atoms. The monoisotopic (exact) mass is 242 g/mol. The summed E-state index contributed by atoms with van der Waals surface area (Å²) >= 11 is 2.04. The van der Waals surface area contributed by atoms with Crippen LogP contribution in [0.15, 0.2) is 0 Å². The zero-order valence-corrected chi connectivity index (χ0v) is 7.35. The molecule has 4 heteroatoms. The van der Waals surface area contributed by atoms with Crippen LogP contribution in [0.2, 0.25) is 0 Å². The molecule has 0 radical (unpaired) electrons. The maximum absolute atomic E-state index is 10.6. The fraction of sp³-hybridized carbons (Fsp3) is 0.800. The van der Waals surface area contributed by atoms with Gasteiger partial charge in [0.1, 0.15) is 0 Å². The molecule has 54 valence electrons. The summed E-state index contributed by atoms with van der Waals surface area (Å²) < 4.78 is 0.579. The van der Waals surface area contributed by atoms with E-state index in [2.05, 4.69) is 5.32 Å². The van der Waals surface area contributed by atoms with E-state index in [0.717, 1.165) is 6.54 Å². The summed E-state index contributed by atoms with van der Waals surface area (Å²) in [7, 11) is 0. The molecular formula is C5H11IN2O. The number of ketones is 1. The molecule has 0 fully saturated rings. The van der Waals surface area contributed by atoms with Crippen molar-refractivity contribution in [1.29, 1.82) is 0 Å². The Kier molecular flexibility index (Phi) is 6.67. The van der Waals surface area contributed by atoms with Gasteiger partial charge in [-0.25, -0.2) is 0 Å². The van der Waals surface area contributed by atoms with E-state index in [4.69, 9.17) is 5.73 Å². The minimum atomic E-state index is 0.226. The molecule has 0 aliphatic carbocycles. The van der Waals surface area contributed by atoms with Gasteiger partial charge in [0, 0.05) is 13.1 Å². The van der Waals surface area contributed by atoms with E-state index < -0.39 is 0 Å². The van der Waals surface area contributed by atoms with E-state index in [-0.39, 0.29) is 5.78 Å². The molecule has 0 unspecified atom stereocenters. The fourth-order valence-electron chi connectivity index (χ4n) is 0.377. The van der Waals surface area contributed by atoms with E-state index >= 15 is 0 Å². The van der Waals surface area contributed by atoms with E-state index in [1.165, 1.54) is 0 Å². The van der Waals surface area contributed by atoms with Gasteiger partial charge in [0.15, 0.2) is 5.78 Å². The Hall–Kier alpha value is 0.320. The van der Waals surface area contributed by atoms with Gasteiger partial charge in [0.25, 0.3) is 0 Å². The summed E-state index contributed by atoms with van der Waals surface area (Å²) in [5.41, 5.74) is 5.18. The summed E-state index contributed by atoms with van der Waals surface area (Å²) in [5.74, 6) is 0.226. The molecule has 0 aromatic rings. The number of hydrogen-bond donors (Lipinski definition) is 2. The highest BCUT2D eigenvalue weighted by molar-refractivity contribution is 14.1. The van der Waals surface area contributed by atoms with Crippen LogP contribution in [0.5, 0.6) is 0 Å². The third-order valence-electron chi connectivity index (χ3n) is 0.792. The summed E-state index contributed by atoms with van der Waals surface area (Å²) in [6.45, 7) is 1.77. The lowest BCUT2D eigenvalue weighted by Gasteiger charge is -1.97. The van der Waals surface area contributed by atoms with Crippen molar-refractivity contribution < 1.29 is 4.79 Å². The molecule has 0 heterocycles. The van der Waals surface area contributed by atoms with Gasteiger partial charge in [-0.15, -0.1) is 0 Å². The highest BCUT2D eigenvalue weighted by Crippen LogP contribution is 1.80. The smallest absolute Gasteiger partial charge is 0.156 e. The first kappa shape index (κ1) is 9.32. The first-order valence-corrected chi connectivity index (χ1v) is 4.32. The molecule has 0 bridgehead atoms. The second-order valence-electron chi connectivity index (χ2n) is 1.64. The minimum absolute atomic E-state index is 0.226. The number of halogens is 1. The largest absolute Gasteiger partial charge is 0.329 e. The Balaban J connectivity index is 2.97. The van der Waals surface area contributed by atoms with Crippen LogP contribution >= 0.6 is 22.6 Å². The lowest BCUT2D eigenvalue weighted by atomic mass is 10.4. The van der Waals surface area contributed by atoms with Crippen molar-refractivity contribution in [2.24, 2.45) is 5.73 Å². The highest BCUT2D eigenvalue weighted by Gasteiger charge is 1.94. The van der Waals surface area contributed by atoms with Crippen LogP contribution < -0.4 is 11.1 Å². The van der Waals surface area contributed by atoms with Gasteiger partial charge < -0.3 is 11.1 Å². The van der Waals surface area contributed by atoms with Gasteiger partial charge in [0.2, 0.25) is 0 Å². The third-order valence-corrected chi connectivity index (χ3v) is 1.64. The van der Waals surface area contributed by atoms with Crippen molar-refractivity contribution in [3.05, 3.63) is 0 Å². The Bertz CT molecular complexity index is 87.0. The predicted octanol–water partition coefficient (Wildman–Crippen LogP) is -0.461. The summed E-state index contributed by atoms with van der Waals surface area (Å²) in [6.07, 6.45) is 0. The quantitative estimate of drug-likeness (QED) is 0.389. The van der Waals surface area contributed by atoms with Crippen LogP contribution in [-0.2, 0) is 4.79 Å². The number of rotatable bonds is 5. The summed E-state index contributed by atoms with van der Waals surface area (Å²) in [6, 6.07) is 0. The second-order valence-corrected chi connectivity index (χ2v) is 2.40. The van der Waals surface area contributed by atoms with Crippen molar-refractivity contribution in [1.82, 2.24) is 5.32 Å².